The quantitative estimate of drug-likeness (QED) is 0.750. The standard InChI is InChI=1S/C13H21F3N2O3/c1-11(2)6-4-5-8(7-11)17-10(21)18-12(3,9(19)20)13(14,15)16/h8H,4-7H2,1-3H3,(H,19,20)(H2,17,18,21). The fraction of sp³-hybridized carbons (Fsp3) is 0.846. The van der Waals surface area contributed by atoms with Gasteiger partial charge in [-0.25, -0.2) is 9.59 Å². The van der Waals surface area contributed by atoms with Crippen molar-refractivity contribution < 1.29 is 27.9 Å². The van der Waals surface area contributed by atoms with E-state index in [-0.39, 0.29) is 11.5 Å². The van der Waals surface area contributed by atoms with Crippen LogP contribution in [0.1, 0.15) is 46.5 Å². The number of aliphatic carboxylic acids is 1. The molecule has 1 fully saturated rings. The molecule has 21 heavy (non-hydrogen) atoms. The van der Waals surface area contributed by atoms with Gasteiger partial charge in [0.1, 0.15) is 0 Å². The van der Waals surface area contributed by atoms with E-state index in [9.17, 15) is 22.8 Å². The van der Waals surface area contributed by atoms with Gasteiger partial charge in [-0.3, -0.25) is 0 Å². The number of rotatable bonds is 3. The first-order chi connectivity index (χ1) is 9.37. The molecule has 1 saturated carbocycles. The van der Waals surface area contributed by atoms with Gasteiger partial charge in [-0.1, -0.05) is 20.3 Å². The molecule has 0 saturated heterocycles. The van der Waals surface area contributed by atoms with Gasteiger partial charge >= 0.3 is 18.2 Å². The Hall–Kier alpha value is -1.47. The minimum atomic E-state index is -5.08. The van der Waals surface area contributed by atoms with Crippen molar-refractivity contribution in [1.29, 1.82) is 0 Å². The Bertz CT molecular complexity index is 423. The van der Waals surface area contributed by atoms with Crippen molar-refractivity contribution in [2.75, 3.05) is 0 Å². The first-order valence-electron chi connectivity index (χ1n) is 6.76. The molecule has 2 unspecified atom stereocenters. The number of carbonyl (C=O) groups excluding carboxylic acids is 1. The molecule has 0 bridgehead atoms. The maximum Gasteiger partial charge on any atom is 0.422 e. The number of nitrogens with one attached hydrogen (secondary N) is 2. The fourth-order valence-electron chi connectivity index (χ4n) is 2.52. The Kier molecular flexibility index (Phi) is 4.80. The number of carbonyl (C=O) groups is 2. The zero-order valence-corrected chi connectivity index (χ0v) is 12.3. The molecule has 122 valence electrons. The van der Waals surface area contributed by atoms with E-state index in [1.165, 1.54) is 5.32 Å². The van der Waals surface area contributed by atoms with Gasteiger partial charge in [0.15, 0.2) is 0 Å². The van der Waals surface area contributed by atoms with Crippen molar-refractivity contribution in [3.05, 3.63) is 0 Å². The highest BCUT2D eigenvalue weighted by molar-refractivity contribution is 5.86. The van der Waals surface area contributed by atoms with Crippen LogP contribution in [-0.4, -0.2) is 34.9 Å². The fourth-order valence-corrected chi connectivity index (χ4v) is 2.52. The van der Waals surface area contributed by atoms with E-state index in [2.05, 4.69) is 5.32 Å². The molecule has 0 aliphatic heterocycles. The summed E-state index contributed by atoms with van der Waals surface area (Å²) in [6.07, 6.45) is -1.90. The van der Waals surface area contributed by atoms with Gasteiger partial charge < -0.3 is 15.7 Å². The van der Waals surface area contributed by atoms with Crippen molar-refractivity contribution in [1.82, 2.24) is 10.6 Å². The molecule has 2 amide bonds. The van der Waals surface area contributed by atoms with Crippen molar-refractivity contribution >= 4 is 12.0 Å². The molecule has 0 aromatic rings. The molecule has 2 atom stereocenters. The number of amides is 2. The van der Waals surface area contributed by atoms with Gasteiger partial charge in [0.2, 0.25) is 5.54 Å². The second kappa shape index (κ2) is 5.73. The molecule has 1 aliphatic carbocycles. The Morgan fingerprint density at radius 3 is 2.29 bits per heavy atom. The van der Waals surface area contributed by atoms with E-state index < -0.39 is 23.7 Å². The van der Waals surface area contributed by atoms with Crippen LogP contribution in [0.5, 0.6) is 0 Å². The van der Waals surface area contributed by atoms with E-state index in [0.717, 1.165) is 12.8 Å². The molecule has 8 heteroatoms. The van der Waals surface area contributed by atoms with Crippen molar-refractivity contribution in [2.45, 2.75) is 64.2 Å². The summed E-state index contributed by atoms with van der Waals surface area (Å²) in [5, 5.41) is 12.7. The molecule has 5 nitrogen and oxygen atoms in total. The summed E-state index contributed by atoms with van der Waals surface area (Å²) in [7, 11) is 0. The van der Waals surface area contributed by atoms with Crippen molar-refractivity contribution in [2.24, 2.45) is 5.41 Å². The Morgan fingerprint density at radius 1 is 1.29 bits per heavy atom. The van der Waals surface area contributed by atoms with Crippen molar-refractivity contribution in [3.8, 4) is 0 Å². The lowest BCUT2D eigenvalue weighted by molar-refractivity contribution is -0.203. The molecule has 1 aliphatic rings. The smallest absolute Gasteiger partial charge is 0.422 e. The summed E-state index contributed by atoms with van der Waals surface area (Å²) in [6, 6.07) is -1.36. The van der Waals surface area contributed by atoms with Crippen LogP contribution in [0.15, 0.2) is 0 Å². The first-order valence-corrected chi connectivity index (χ1v) is 6.76. The minimum Gasteiger partial charge on any atom is -0.479 e. The number of carboxylic acids is 1. The van der Waals surface area contributed by atoms with Gasteiger partial charge in [0.05, 0.1) is 0 Å². The van der Waals surface area contributed by atoms with Crippen LogP contribution in [0.3, 0.4) is 0 Å². The van der Waals surface area contributed by atoms with Gasteiger partial charge in [-0.15, -0.1) is 0 Å². The van der Waals surface area contributed by atoms with E-state index >= 15 is 0 Å². The van der Waals surface area contributed by atoms with Crippen LogP contribution in [0.4, 0.5) is 18.0 Å². The number of alkyl halides is 3. The molecular formula is C13H21F3N2O3. The summed E-state index contributed by atoms with van der Waals surface area (Å²) >= 11 is 0. The predicted molar refractivity (Wildman–Crippen MR) is 69.8 cm³/mol. The zero-order valence-electron chi connectivity index (χ0n) is 12.3. The number of halogens is 3. The highest BCUT2D eigenvalue weighted by Crippen LogP contribution is 2.35. The minimum absolute atomic E-state index is 0.0102. The number of hydrogen-bond donors (Lipinski definition) is 3. The highest BCUT2D eigenvalue weighted by Gasteiger charge is 2.58. The zero-order chi connectivity index (χ0) is 16.5. The summed E-state index contributed by atoms with van der Waals surface area (Å²) in [6.45, 7) is 4.48. The van der Waals surface area contributed by atoms with E-state index in [1.807, 2.05) is 13.8 Å². The second-order valence-electron chi connectivity index (χ2n) is 6.48. The maximum atomic E-state index is 12.8. The normalized spacial score (nSPS) is 24.8. The van der Waals surface area contributed by atoms with Crippen LogP contribution in [0, 0.1) is 5.41 Å². The Labute approximate surface area is 121 Å². The highest BCUT2D eigenvalue weighted by atomic mass is 19.4. The SMILES string of the molecule is CC1(C)CCCC(NC(=O)NC(C)(C(=O)O)C(F)(F)F)C1. The lowest BCUT2D eigenvalue weighted by Gasteiger charge is -2.36. The largest absolute Gasteiger partial charge is 0.479 e. The molecule has 0 aromatic carbocycles. The lowest BCUT2D eigenvalue weighted by atomic mass is 9.75. The van der Waals surface area contributed by atoms with E-state index in [4.69, 9.17) is 5.11 Å². The predicted octanol–water partition coefficient (Wildman–Crippen LogP) is 2.66. The Morgan fingerprint density at radius 2 is 1.86 bits per heavy atom. The third-order valence-electron chi connectivity index (χ3n) is 3.90. The monoisotopic (exact) mass is 310 g/mol. The van der Waals surface area contributed by atoms with E-state index in [1.54, 1.807) is 0 Å². The van der Waals surface area contributed by atoms with E-state index in [0.29, 0.717) is 19.8 Å². The second-order valence-corrected chi connectivity index (χ2v) is 6.48. The summed E-state index contributed by atoms with van der Waals surface area (Å²) in [4.78, 5) is 22.5. The van der Waals surface area contributed by atoms with Gasteiger partial charge in [-0.2, -0.15) is 13.2 Å². The molecule has 1 rings (SSSR count). The topological polar surface area (TPSA) is 78.4 Å². The van der Waals surface area contributed by atoms with Crippen molar-refractivity contribution in [3.63, 3.8) is 0 Å². The van der Waals surface area contributed by atoms with Gasteiger partial charge in [0.25, 0.3) is 0 Å². The molecular weight excluding hydrogens is 289 g/mol. The molecule has 0 spiro atoms. The summed E-state index contributed by atoms with van der Waals surface area (Å²) in [5.41, 5.74) is -3.29. The maximum absolute atomic E-state index is 12.8. The molecule has 3 N–H and O–H groups in total. The number of urea groups is 1. The number of hydrogen-bond acceptors (Lipinski definition) is 2. The number of carboxylic acid groups (broad SMARTS) is 1. The van der Waals surface area contributed by atoms with Crippen LogP contribution in [0.25, 0.3) is 0 Å². The molecule has 0 radical (unpaired) electrons. The molecule has 0 aromatic heterocycles. The summed E-state index contributed by atoms with van der Waals surface area (Å²) in [5.74, 6) is -2.14. The third kappa shape index (κ3) is 4.25. The lowest BCUT2D eigenvalue weighted by Crippen LogP contribution is -2.64. The van der Waals surface area contributed by atoms with Crippen LogP contribution >= 0.6 is 0 Å². The average Bonchev–Trinajstić information content (AvgIpc) is 2.25. The van der Waals surface area contributed by atoms with Crippen LogP contribution in [0.2, 0.25) is 0 Å². The van der Waals surface area contributed by atoms with Gasteiger partial charge in [0, 0.05) is 6.04 Å². The summed E-state index contributed by atoms with van der Waals surface area (Å²) < 4.78 is 38.4. The Balaban J connectivity index is 2.70. The average molecular weight is 310 g/mol. The van der Waals surface area contributed by atoms with Gasteiger partial charge in [-0.05, 0) is 31.6 Å². The van der Waals surface area contributed by atoms with Crippen LogP contribution < -0.4 is 10.6 Å². The third-order valence-corrected chi connectivity index (χ3v) is 3.90. The first kappa shape index (κ1) is 17.6. The van der Waals surface area contributed by atoms with Crippen LogP contribution in [-0.2, 0) is 4.79 Å². The molecule has 0 heterocycles.